The van der Waals surface area contributed by atoms with Crippen LogP contribution in [0.3, 0.4) is 0 Å². The standard InChI is InChI=1S/C74H104N4O9/c1-7-8-9-13-46(4)57-32-50-18-17-49(57)31-55(80)40-73(24-12-23-72(73)26-29-85-74(43-72)25-10-14-47(39-74)41-76-5)44-78-71(75)77-27-22-56-52(42-79)19-16-48-15-11-28-84-63-21-20-51(36-65(63)87-69(48)56)70-62(82)37-60-64(86-70)38-66(83-6)68-59-34-54(30-45(2)3)61(81)35-53(59)33-58(50)67(60)68/h17-18,20-21,34-36,38,45-50,52,55-58,62,69-70,76,79-82H,7-10,12-16,19,22-27,29-33,37,39-44H2,1-6H3,(H3,75,77,78)/t46-,47-,48+,49+,50+,52+,55+,56+,57+,58-,62+,69-,70-,72+,73-,74-/m0/s1. The van der Waals surface area contributed by atoms with Gasteiger partial charge in [0.1, 0.15) is 35.6 Å². The first-order valence-corrected chi connectivity index (χ1v) is 34.3. The second kappa shape index (κ2) is 26.5. The highest BCUT2D eigenvalue weighted by Gasteiger charge is 2.60. The van der Waals surface area contributed by atoms with Crippen molar-refractivity contribution >= 4 is 5.96 Å². The van der Waals surface area contributed by atoms with Gasteiger partial charge in [0.25, 0.3) is 0 Å². The number of aliphatic imine (C=N–C) groups is 1. The SMILES string of the molecule is CCCCC[C@H](C)[C@H]1C[C@H]2C=C[C@@H]1C[C@@H](O)C[C@@]1(CCC[C@]13CCO[C@]1(CCC[C@H](CNC)C1)C3)CN=C(N)NCC[C@@H]1[C@@H](CO)CC[C@H]3CC#COc4ccc(cc4O[C@@H]31)[C@@H]1Oc3cc(OC)c4c(c3C[C@H]1O)[C@H]2Cc1cc(O)c(CC(C)C)cc1-4. The maximum Gasteiger partial charge on any atom is 0.188 e. The van der Waals surface area contributed by atoms with E-state index in [1.807, 2.05) is 30.3 Å². The number of rotatable bonds is 11. The zero-order valence-corrected chi connectivity index (χ0v) is 53.4. The first-order valence-electron chi connectivity index (χ1n) is 34.3. The molecule has 7 aliphatic heterocycles. The summed E-state index contributed by atoms with van der Waals surface area (Å²) in [5.41, 5.74) is 13.7. The van der Waals surface area contributed by atoms with E-state index in [9.17, 15) is 20.4 Å². The number of methoxy groups -OCH3 is 1. The van der Waals surface area contributed by atoms with Crippen LogP contribution in [0.1, 0.15) is 196 Å². The minimum atomic E-state index is -0.903. The molecular formula is C74H104N4O9. The second-order valence-corrected chi connectivity index (χ2v) is 29.5. The molecule has 3 aromatic carbocycles. The van der Waals surface area contributed by atoms with Crippen LogP contribution in [0, 0.1) is 76.1 Å². The Labute approximate surface area is 519 Å². The summed E-state index contributed by atoms with van der Waals surface area (Å²) >= 11 is 0. The van der Waals surface area contributed by atoms with E-state index in [4.69, 9.17) is 34.4 Å². The largest absolute Gasteiger partial charge is 0.508 e. The molecule has 12 aliphatic rings. The molecule has 0 aromatic heterocycles. The summed E-state index contributed by atoms with van der Waals surface area (Å²) < 4.78 is 34.1. The van der Waals surface area contributed by atoms with Crippen molar-refractivity contribution in [2.24, 2.45) is 74.8 Å². The molecular weight excluding hydrogens is 1090 g/mol. The van der Waals surface area contributed by atoms with Gasteiger partial charge in [-0.05, 0) is 220 Å². The van der Waals surface area contributed by atoms with Crippen LogP contribution in [-0.4, -0.2) is 97.3 Å². The predicted octanol–water partition coefficient (Wildman–Crippen LogP) is 12.7. The van der Waals surface area contributed by atoms with Gasteiger partial charge in [-0.2, -0.15) is 0 Å². The lowest BCUT2D eigenvalue weighted by Crippen LogP contribution is -2.55. The Morgan fingerprint density at radius 2 is 1.76 bits per heavy atom. The summed E-state index contributed by atoms with van der Waals surface area (Å²) in [5.74, 6) is 8.57. The van der Waals surface area contributed by atoms with E-state index in [0.717, 1.165) is 136 Å². The van der Waals surface area contributed by atoms with Crippen molar-refractivity contribution in [3.05, 3.63) is 76.4 Å². The number of guanidine groups is 1. The number of nitrogens with one attached hydrogen (secondary N) is 2. The van der Waals surface area contributed by atoms with E-state index in [0.29, 0.717) is 104 Å². The number of benzene rings is 3. The fourth-order valence-corrected chi connectivity index (χ4v) is 19.5. The molecule has 3 spiro atoms. The van der Waals surface area contributed by atoms with Gasteiger partial charge in [0, 0.05) is 68.2 Å². The molecule has 1 saturated heterocycles. The number of nitrogens with zero attached hydrogens (tertiary/aromatic N) is 1. The number of aliphatic hydroxyl groups excluding tert-OH is 3. The van der Waals surface area contributed by atoms with Gasteiger partial charge >= 0.3 is 0 Å². The predicted molar refractivity (Wildman–Crippen MR) is 343 cm³/mol. The van der Waals surface area contributed by atoms with E-state index in [1.54, 1.807) is 7.11 Å². The number of fused-ring (bicyclic) bond motifs is 2. The lowest BCUT2D eigenvalue weighted by atomic mass is 9.54. The maximum atomic E-state index is 13.2. The van der Waals surface area contributed by atoms with Crippen LogP contribution in [0.2, 0.25) is 0 Å². The third-order valence-electron chi connectivity index (χ3n) is 23.6. The average molecular weight is 1190 g/mol. The Morgan fingerprint density at radius 1 is 0.908 bits per heavy atom. The van der Waals surface area contributed by atoms with E-state index in [1.165, 1.54) is 31.2 Å². The van der Waals surface area contributed by atoms with Crippen LogP contribution in [0.15, 0.2) is 53.5 Å². The molecule has 0 radical (unpaired) electrons. The molecule has 87 heavy (non-hydrogen) atoms. The number of phenolic OH excluding ortho intramolecular Hbond substituents is 1. The van der Waals surface area contributed by atoms with Crippen molar-refractivity contribution in [1.82, 2.24) is 10.6 Å². The molecule has 8 N–H and O–H groups in total. The van der Waals surface area contributed by atoms with Gasteiger partial charge in [-0.3, -0.25) is 4.99 Å². The highest BCUT2D eigenvalue weighted by atomic mass is 16.5. The number of unbranched alkanes of at least 4 members (excludes halogenated alkanes) is 2. The normalized spacial score (nSPS) is 35.0. The third-order valence-corrected chi connectivity index (χ3v) is 23.6. The highest BCUT2D eigenvalue weighted by molar-refractivity contribution is 5.84. The molecule has 3 aromatic rings. The fourth-order valence-electron chi connectivity index (χ4n) is 19.5. The molecule has 13 nitrogen and oxygen atoms in total. The molecule has 7 heterocycles. The summed E-state index contributed by atoms with van der Waals surface area (Å²) in [5, 5.41) is 55.8. The Balaban J connectivity index is 0.981. The first kappa shape index (κ1) is 62.2. The Kier molecular flexibility index (Phi) is 18.9. The molecule has 474 valence electrons. The van der Waals surface area contributed by atoms with Crippen LogP contribution < -0.4 is 35.3 Å². The quantitative estimate of drug-likeness (QED) is 0.0547. The van der Waals surface area contributed by atoms with E-state index in [2.05, 4.69) is 75.6 Å². The number of aromatic hydroxyl groups is 1. The van der Waals surface area contributed by atoms with Gasteiger partial charge in [0.05, 0.1) is 24.9 Å². The van der Waals surface area contributed by atoms with Crippen LogP contribution in [0.4, 0.5) is 0 Å². The van der Waals surface area contributed by atoms with Crippen LogP contribution >= 0.6 is 0 Å². The minimum Gasteiger partial charge on any atom is -0.508 e. The zero-order valence-electron chi connectivity index (χ0n) is 53.4. The number of nitrogens with two attached hydrogens (primary N) is 1. The summed E-state index contributed by atoms with van der Waals surface area (Å²) in [4.78, 5) is 5.38. The maximum absolute atomic E-state index is 13.2. The monoisotopic (exact) mass is 1190 g/mol. The highest BCUT2D eigenvalue weighted by Crippen LogP contribution is 2.65. The number of hydrogen-bond donors (Lipinski definition) is 7. The number of hydrogen-bond acceptors (Lipinski definition) is 13. The summed E-state index contributed by atoms with van der Waals surface area (Å²) in [6, 6.07) is 12.1. The molecule has 3 saturated carbocycles. The summed E-state index contributed by atoms with van der Waals surface area (Å²) in [7, 11) is 3.83. The smallest absolute Gasteiger partial charge is 0.188 e. The lowest BCUT2D eigenvalue weighted by Gasteiger charge is -2.56. The summed E-state index contributed by atoms with van der Waals surface area (Å²) in [6.07, 6.45) is 27.1. The average Bonchev–Trinajstić information content (AvgIpc) is 1.67. The first-order chi connectivity index (χ1) is 42.2. The van der Waals surface area contributed by atoms with Gasteiger partial charge < -0.3 is 60.5 Å². The molecule has 16 atom stereocenters. The molecule has 5 aliphatic carbocycles. The van der Waals surface area contributed by atoms with Crippen molar-refractivity contribution in [2.75, 3.05) is 47.0 Å². The van der Waals surface area contributed by atoms with E-state index >= 15 is 0 Å². The van der Waals surface area contributed by atoms with Gasteiger partial charge in [-0.1, -0.05) is 90.4 Å². The van der Waals surface area contributed by atoms with Gasteiger partial charge in [0.2, 0.25) is 0 Å². The molecule has 15 rings (SSSR count). The van der Waals surface area contributed by atoms with Crippen LogP contribution in [0.25, 0.3) is 11.1 Å². The Morgan fingerprint density at radius 3 is 2.57 bits per heavy atom. The van der Waals surface area contributed by atoms with Crippen molar-refractivity contribution in [3.8, 4) is 51.9 Å². The number of phenols is 1. The molecule has 0 amide bonds. The van der Waals surface area contributed by atoms with Gasteiger partial charge in [-0.25, -0.2) is 0 Å². The Bertz CT molecular complexity index is 3040. The van der Waals surface area contributed by atoms with Crippen molar-refractivity contribution in [2.45, 2.75) is 211 Å². The Hall–Kier alpha value is -4.97. The van der Waals surface area contributed by atoms with Crippen LogP contribution in [0.5, 0.6) is 28.7 Å². The van der Waals surface area contributed by atoms with Crippen molar-refractivity contribution in [3.63, 3.8) is 0 Å². The van der Waals surface area contributed by atoms with Gasteiger partial charge in [-0.15, -0.1) is 0 Å². The van der Waals surface area contributed by atoms with Crippen molar-refractivity contribution < 1.29 is 44.1 Å². The summed E-state index contributed by atoms with van der Waals surface area (Å²) in [6.45, 7) is 12.0. The minimum absolute atomic E-state index is 0.00368. The molecule has 0 unspecified atom stereocenters. The second-order valence-electron chi connectivity index (χ2n) is 29.5. The van der Waals surface area contributed by atoms with Gasteiger partial charge in [0.15, 0.2) is 17.5 Å². The number of aliphatic hydroxyl groups is 3. The number of ether oxygens (including phenoxy) is 5. The van der Waals surface area contributed by atoms with E-state index in [-0.39, 0.29) is 64.6 Å². The van der Waals surface area contributed by atoms with E-state index < -0.39 is 18.3 Å². The topological polar surface area (TPSA) is 190 Å². The zero-order chi connectivity index (χ0) is 60.6. The molecule has 9 bridgehead atoms. The molecule has 13 heteroatoms. The lowest BCUT2D eigenvalue weighted by molar-refractivity contribution is -0.179. The fraction of sp³-hybridized carbons (Fsp3) is 0.689. The van der Waals surface area contributed by atoms with Crippen molar-refractivity contribution in [1.29, 1.82) is 0 Å². The van der Waals surface area contributed by atoms with Crippen LogP contribution in [-0.2, 0) is 24.0 Å². The molecule has 4 fully saturated rings. The third kappa shape index (κ3) is 12.5. The number of allylic oxidation sites excluding steroid dienone is 2.